The molecule has 2 rings (SSSR count). The van der Waals surface area contributed by atoms with Gasteiger partial charge in [-0.25, -0.2) is 19.4 Å². The number of carboxylic acids is 1. The Hall–Kier alpha value is -2.77. The second kappa shape index (κ2) is 4.00. The number of hydrogen-bond acceptors (Lipinski definition) is 5. The van der Waals surface area contributed by atoms with Crippen molar-refractivity contribution < 1.29 is 14.7 Å². The summed E-state index contributed by atoms with van der Waals surface area (Å²) in [6.07, 6.45) is 5.01. The summed E-state index contributed by atoms with van der Waals surface area (Å²) in [7, 11) is 0. The Morgan fingerprint density at radius 2 is 2.00 bits per heavy atom. The van der Waals surface area contributed by atoms with Crippen LogP contribution in [0.25, 0.3) is 5.82 Å². The molecule has 8 heteroatoms. The van der Waals surface area contributed by atoms with Gasteiger partial charge in [0, 0.05) is 6.20 Å². The lowest BCUT2D eigenvalue weighted by Gasteiger charge is -1.99. The number of rotatable bonds is 3. The van der Waals surface area contributed by atoms with E-state index < -0.39 is 11.9 Å². The van der Waals surface area contributed by atoms with Crippen molar-refractivity contribution >= 4 is 11.9 Å². The van der Waals surface area contributed by atoms with Gasteiger partial charge in [0.05, 0.1) is 24.2 Å². The maximum absolute atomic E-state index is 10.8. The predicted octanol–water partition coefficient (Wildman–Crippen LogP) is -0.541. The van der Waals surface area contributed by atoms with E-state index in [1.165, 1.54) is 23.3 Å². The van der Waals surface area contributed by atoms with Gasteiger partial charge < -0.3 is 10.8 Å². The van der Waals surface area contributed by atoms with Gasteiger partial charge in [-0.2, -0.15) is 5.10 Å². The zero-order valence-electron chi connectivity index (χ0n) is 8.44. The molecule has 2 aromatic rings. The number of aromatic carboxylic acids is 1. The van der Waals surface area contributed by atoms with Crippen LogP contribution < -0.4 is 5.73 Å². The van der Waals surface area contributed by atoms with Crippen molar-refractivity contribution in [3.63, 3.8) is 0 Å². The summed E-state index contributed by atoms with van der Waals surface area (Å²) >= 11 is 0. The molecule has 86 valence electrons. The lowest BCUT2D eigenvalue weighted by atomic mass is 10.3. The molecule has 3 N–H and O–H groups in total. The maximum atomic E-state index is 10.8. The van der Waals surface area contributed by atoms with Crippen LogP contribution >= 0.6 is 0 Å². The summed E-state index contributed by atoms with van der Waals surface area (Å²) in [5.74, 6) is -1.48. The third-order valence-corrected chi connectivity index (χ3v) is 1.96. The van der Waals surface area contributed by atoms with E-state index in [1.54, 1.807) is 0 Å². The van der Waals surface area contributed by atoms with E-state index in [9.17, 15) is 9.59 Å². The molecule has 0 fully saturated rings. The van der Waals surface area contributed by atoms with Gasteiger partial charge in [-0.3, -0.25) is 4.79 Å². The molecule has 0 saturated carbocycles. The third-order valence-electron chi connectivity index (χ3n) is 1.96. The largest absolute Gasteiger partial charge is 0.476 e. The summed E-state index contributed by atoms with van der Waals surface area (Å²) in [6.45, 7) is 0. The molecule has 0 aliphatic carbocycles. The lowest BCUT2D eigenvalue weighted by Crippen LogP contribution is -2.09. The molecule has 2 aromatic heterocycles. The fraction of sp³-hybridized carbons (Fsp3) is 0. The van der Waals surface area contributed by atoms with Crippen molar-refractivity contribution in [1.82, 2.24) is 19.7 Å². The standard InChI is InChI=1S/C9H7N5O3/c10-8(15)5-1-13-14(4-5)7-3-11-6(2-12-7)9(16)17/h1-4H,(H2,10,15)(H,16,17). The van der Waals surface area contributed by atoms with Gasteiger partial charge in [-0.1, -0.05) is 0 Å². The van der Waals surface area contributed by atoms with Crippen molar-refractivity contribution in [2.75, 3.05) is 0 Å². The van der Waals surface area contributed by atoms with Gasteiger partial charge in [-0.05, 0) is 0 Å². The molecule has 2 heterocycles. The highest BCUT2D eigenvalue weighted by Crippen LogP contribution is 2.04. The maximum Gasteiger partial charge on any atom is 0.356 e. The normalized spacial score (nSPS) is 10.1. The number of nitrogens with two attached hydrogens (primary N) is 1. The van der Waals surface area contributed by atoms with Crippen molar-refractivity contribution in [1.29, 1.82) is 0 Å². The van der Waals surface area contributed by atoms with Crippen LogP contribution in [-0.2, 0) is 0 Å². The topological polar surface area (TPSA) is 124 Å². The first-order valence-electron chi connectivity index (χ1n) is 4.48. The van der Waals surface area contributed by atoms with Crippen LogP contribution in [0.2, 0.25) is 0 Å². The van der Waals surface area contributed by atoms with Gasteiger partial charge in [0.2, 0.25) is 0 Å². The van der Waals surface area contributed by atoms with E-state index in [0.717, 1.165) is 6.20 Å². The highest BCUT2D eigenvalue weighted by molar-refractivity contribution is 5.92. The minimum Gasteiger partial charge on any atom is -0.476 e. The molecule has 0 aliphatic heterocycles. The zero-order chi connectivity index (χ0) is 12.4. The minimum absolute atomic E-state index is 0.170. The molecule has 0 aromatic carbocycles. The quantitative estimate of drug-likeness (QED) is 0.733. The van der Waals surface area contributed by atoms with E-state index in [-0.39, 0.29) is 11.3 Å². The third kappa shape index (κ3) is 2.09. The highest BCUT2D eigenvalue weighted by Gasteiger charge is 2.08. The molecule has 0 unspecified atom stereocenters. The Labute approximate surface area is 94.7 Å². The van der Waals surface area contributed by atoms with Crippen LogP contribution in [0.15, 0.2) is 24.8 Å². The van der Waals surface area contributed by atoms with Crippen LogP contribution in [0.1, 0.15) is 20.8 Å². The minimum atomic E-state index is -1.16. The molecule has 0 bridgehead atoms. The van der Waals surface area contributed by atoms with Crippen LogP contribution in [0.5, 0.6) is 0 Å². The molecule has 0 aliphatic rings. The van der Waals surface area contributed by atoms with Crippen molar-refractivity contribution in [3.8, 4) is 5.82 Å². The first kappa shape index (κ1) is 10.7. The Morgan fingerprint density at radius 1 is 1.24 bits per heavy atom. The molecule has 0 radical (unpaired) electrons. The molecule has 0 atom stereocenters. The van der Waals surface area contributed by atoms with Crippen molar-refractivity contribution in [3.05, 3.63) is 36.0 Å². The number of amides is 1. The number of hydrogen-bond donors (Lipinski definition) is 2. The second-order valence-electron chi connectivity index (χ2n) is 3.10. The number of carbonyl (C=O) groups excluding carboxylic acids is 1. The van der Waals surface area contributed by atoms with Crippen LogP contribution in [0.4, 0.5) is 0 Å². The van der Waals surface area contributed by atoms with E-state index in [0.29, 0.717) is 5.82 Å². The van der Waals surface area contributed by atoms with Gasteiger partial charge in [0.1, 0.15) is 0 Å². The van der Waals surface area contributed by atoms with E-state index >= 15 is 0 Å². The Morgan fingerprint density at radius 3 is 2.47 bits per heavy atom. The number of carbonyl (C=O) groups is 2. The van der Waals surface area contributed by atoms with Gasteiger partial charge in [-0.15, -0.1) is 0 Å². The summed E-state index contributed by atoms with van der Waals surface area (Å²) in [5, 5.41) is 12.5. The second-order valence-corrected chi connectivity index (χ2v) is 3.10. The molecule has 0 spiro atoms. The van der Waals surface area contributed by atoms with Crippen molar-refractivity contribution in [2.45, 2.75) is 0 Å². The summed E-state index contributed by atoms with van der Waals surface area (Å²) < 4.78 is 1.28. The summed E-state index contributed by atoms with van der Waals surface area (Å²) in [4.78, 5) is 28.9. The summed E-state index contributed by atoms with van der Waals surface area (Å²) in [6, 6.07) is 0. The van der Waals surface area contributed by atoms with E-state index in [2.05, 4.69) is 15.1 Å². The zero-order valence-corrected chi connectivity index (χ0v) is 8.44. The first-order valence-corrected chi connectivity index (χ1v) is 4.48. The smallest absolute Gasteiger partial charge is 0.356 e. The Kier molecular flexibility index (Phi) is 2.53. The van der Waals surface area contributed by atoms with Gasteiger partial charge in [0.15, 0.2) is 11.5 Å². The average molecular weight is 233 g/mol. The molecular formula is C9H7N5O3. The average Bonchev–Trinajstić information content (AvgIpc) is 2.78. The van der Waals surface area contributed by atoms with E-state index in [1.807, 2.05) is 0 Å². The lowest BCUT2D eigenvalue weighted by molar-refractivity contribution is 0.0689. The fourth-order valence-electron chi connectivity index (χ4n) is 1.13. The molecular weight excluding hydrogens is 226 g/mol. The molecule has 17 heavy (non-hydrogen) atoms. The number of aromatic nitrogens is 4. The Bertz CT molecular complexity index is 575. The predicted molar refractivity (Wildman–Crippen MR) is 54.6 cm³/mol. The van der Waals surface area contributed by atoms with Crippen molar-refractivity contribution in [2.24, 2.45) is 5.73 Å². The van der Waals surface area contributed by atoms with Crippen LogP contribution in [-0.4, -0.2) is 36.7 Å². The van der Waals surface area contributed by atoms with Crippen LogP contribution in [0.3, 0.4) is 0 Å². The first-order chi connectivity index (χ1) is 8.08. The molecule has 0 saturated heterocycles. The fourth-order valence-corrected chi connectivity index (χ4v) is 1.13. The number of primary amides is 1. The summed E-state index contributed by atoms with van der Waals surface area (Å²) in [5.41, 5.74) is 5.12. The van der Waals surface area contributed by atoms with Crippen LogP contribution in [0, 0.1) is 0 Å². The van der Waals surface area contributed by atoms with E-state index in [4.69, 9.17) is 10.8 Å². The number of nitrogens with zero attached hydrogens (tertiary/aromatic N) is 4. The Balaban J connectivity index is 2.33. The van der Waals surface area contributed by atoms with Gasteiger partial charge in [0.25, 0.3) is 5.91 Å². The highest BCUT2D eigenvalue weighted by atomic mass is 16.4. The van der Waals surface area contributed by atoms with Gasteiger partial charge >= 0.3 is 5.97 Å². The monoisotopic (exact) mass is 233 g/mol. The molecule has 1 amide bonds. The molecule has 8 nitrogen and oxygen atoms in total. The number of carboxylic acid groups (broad SMARTS) is 1. The SMILES string of the molecule is NC(=O)c1cnn(-c2cnc(C(=O)O)cn2)c1.